The number of aryl methyl sites for hydroxylation is 3. The Morgan fingerprint density at radius 1 is 0.951 bits per heavy atom. The lowest BCUT2D eigenvalue weighted by molar-refractivity contribution is -0.139. The van der Waals surface area contributed by atoms with Crippen LogP contribution in [0, 0.1) is 20.8 Å². The third kappa shape index (κ3) is 7.29. The number of rotatable bonds is 10. The maximum atomic E-state index is 14.1. The molecule has 1 saturated carbocycles. The third-order valence-corrected chi connectivity index (χ3v) is 9.82. The van der Waals surface area contributed by atoms with Gasteiger partial charge in [-0.25, -0.2) is 8.42 Å². The standard InChI is InChI=1S/C32H38ClN3O4S/c1-22-13-16-28(17-14-22)41(39,40)36(30-18-15-23(2)19-24(30)3)21-31(37)35(20-26-9-5-8-12-29(26)33)25(4)32(38)34-27-10-6-7-11-27/h5,8-9,12-19,25,27H,6-7,10-11,20-21H2,1-4H3,(H,34,38)/t25-/m0/s1. The number of carbonyl (C=O) groups excluding carboxylic acids is 2. The number of halogens is 1. The second-order valence-corrected chi connectivity index (χ2v) is 13.2. The molecule has 0 radical (unpaired) electrons. The minimum Gasteiger partial charge on any atom is -0.352 e. The summed E-state index contributed by atoms with van der Waals surface area (Å²) in [7, 11) is -4.12. The second kappa shape index (κ2) is 13.1. The zero-order chi connectivity index (χ0) is 29.7. The predicted octanol–water partition coefficient (Wildman–Crippen LogP) is 5.94. The van der Waals surface area contributed by atoms with Gasteiger partial charge in [0.05, 0.1) is 10.6 Å². The van der Waals surface area contributed by atoms with E-state index in [1.54, 1.807) is 55.5 Å². The lowest BCUT2D eigenvalue weighted by Crippen LogP contribution is -2.52. The molecule has 3 aromatic rings. The van der Waals surface area contributed by atoms with Crippen molar-refractivity contribution < 1.29 is 18.0 Å². The van der Waals surface area contributed by atoms with E-state index in [-0.39, 0.29) is 23.4 Å². The molecular formula is C32H38ClN3O4S. The van der Waals surface area contributed by atoms with Gasteiger partial charge in [-0.2, -0.15) is 0 Å². The van der Waals surface area contributed by atoms with Crippen molar-refractivity contribution in [3.8, 4) is 0 Å². The monoisotopic (exact) mass is 595 g/mol. The summed E-state index contributed by atoms with van der Waals surface area (Å²) in [6.45, 7) is 6.89. The Morgan fingerprint density at radius 3 is 2.22 bits per heavy atom. The van der Waals surface area contributed by atoms with Gasteiger partial charge < -0.3 is 10.2 Å². The molecule has 218 valence electrons. The van der Waals surface area contributed by atoms with Crippen LogP contribution in [0.4, 0.5) is 5.69 Å². The Labute approximate surface area is 248 Å². The van der Waals surface area contributed by atoms with Gasteiger partial charge in [0.2, 0.25) is 11.8 Å². The Kier molecular flexibility index (Phi) is 9.76. The van der Waals surface area contributed by atoms with Crippen molar-refractivity contribution in [3.05, 3.63) is 94.0 Å². The van der Waals surface area contributed by atoms with E-state index in [1.165, 1.54) is 4.90 Å². The Balaban J connectivity index is 1.72. The highest BCUT2D eigenvalue weighted by molar-refractivity contribution is 7.92. The smallest absolute Gasteiger partial charge is 0.264 e. The summed E-state index contributed by atoms with van der Waals surface area (Å²) in [6, 6.07) is 18.4. The molecule has 1 fully saturated rings. The van der Waals surface area contributed by atoms with Crippen molar-refractivity contribution in [3.63, 3.8) is 0 Å². The molecule has 0 heterocycles. The molecule has 7 nitrogen and oxygen atoms in total. The van der Waals surface area contributed by atoms with Gasteiger partial charge in [-0.1, -0.05) is 78.0 Å². The molecular weight excluding hydrogens is 558 g/mol. The largest absolute Gasteiger partial charge is 0.352 e. The van der Waals surface area contributed by atoms with E-state index in [4.69, 9.17) is 11.6 Å². The van der Waals surface area contributed by atoms with Crippen molar-refractivity contribution in [2.45, 2.75) is 76.9 Å². The molecule has 1 atom stereocenters. The zero-order valence-electron chi connectivity index (χ0n) is 24.1. The van der Waals surface area contributed by atoms with Crippen LogP contribution in [0.3, 0.4) is 0 Å². The highest BCUT2D eigenvalue weighted by Crippen LogP contribution is 2.29. The van der Waals surface area contributed by atoms with Crippen molar-refractivity contribution in [2.75, 3.05) is 10.8 Å². The van der Waals surface area contributed by atoms with Crippen LogP contribution < -0.4 is 9.62 Å². The molecule has 1 aliphatic carbocycles. The van der Waals surface area contributed by atoms with E-state index < -0.39 is 28.5 Å². The molecule has 0 aromatic heterocycles. The second-order valence-electron chi connectivity index (χ2n) is 10.9. The summed E-state index contributed by atoms with van der Waals surface area (Å²) in [4.78, 5) is 29.0. The number of nitrogens with zero attached hydrogens (tertiary/aromatic N) is 2. The third-order valence-electron chi connectivity index (χ3n) is 7.68. The van der Waals surface area contributed by atoms with Gasteiger partial charge in [0.1, 0.15) is 12.6 Å². The molecule has 1 N–H and O–H groups in total. The van der Waals surface area contributed by atoms with Crippen LogP contribution in [0.5, 0.6) is 0 Å². The minimum atomic E-state index is -4.12. The van der Waals surface area contributed by atoms with Crippen LogP contribution in [-0.2, 0) is 26.2 Å². The number of anilines is 1. The summed E-state index contributed by atoms with van der Waals surface area (Å²) >= 11 is 6.45. The Hall–Kier alpha value is -3.36. The number of nitrogens with one attached hydrogen (secondary N) is 1. The van der Waals surface area contributed by atoms with Crippen molar-refractivity contribution in [1.82, 2.24) is 10.2 Å². The van der Waals surface area contributed by atoms with Gasteiger partial charge in [-0.3, -0.25) is 13.9 Å². The summed E-state index contributed by atoms with van der Waals surface area (Å²) in [6.07, 6.45) is 3.94. The molecule has 0 unspecified atom stereocenters. The molecule has 3 aromatic carbocycles. The van der Waals surface area contributed by atoms with Crippen molar-refractivity contribution in [1.29, 1.82) is 0 Å². The van der Waals surface area contributed by atoms with Gasteiger partial charge in [0.15, 0.2) is 0 Å². The van der Waals surface area contributed by atoms with Gasteiger partial charge >= 0.3 is 0 Å². The van der Waals surface area contributed by atoms with Gasteiger partial charge in [-0.05, 0) is 75.9 Å². The quantitative estimate of drug-likeness (QED) is 0.314. The normalized spacial score (nSPS) is 14.5. The maximum absolute atomic E-state index is 14.1. The average Bonchev–Trinajstić information content (AvgIpc) is 3.44. The number of sulfonamides is 1. The first-order valence-corrected chi connectivity index (χ1v) is 15.8. The van der Waals surface area contributed by atoms with E-state index in [0.29, 0.717) is 16.3 Å². The summed E-state index contributed by atoms with van der Waals surface area (Å²) in [5.41, 5.74) is 3.69. The zero-order valence-corrected chi connectivity index (χ0v) is 25.6. The molecule has 0 aliphatic heterocycles. The van der Waals surface area contributed by atoms with Crippen LogP contribution in [0.2, 0.25) is 5.02 Å². The van der Waals surface area contributed by atoms with Crippen LogP contribution in [-0.4, -0.2) is 43.8 Å². The lowest BCUT2D eigenvalue weighted by Gasteiger charge is -2.33. The number of amides is 2. The number of carbonyl (C=O) groups is 2. The van der Waals surface area contributed by atoms with E-state index in [0.717, 1.165) is 46.7 Å². The van der Waals surface area contributed by atoms with Crippen LogP contribution in [0.1, 0.15) is 54.9 Å². The van der Waals surface area contributed by atoms with E-state index in [2.05, 4.69) is 5.32 Å². The fourth-order valence-electron chi connectivity index (χ4n) is 5.22. The van der Waals surface area contributed by atoms with Gasteiger partial charge in [0.25, 0.3) is 10.0 Å². The molecule has 4 rings (SSSR count). The molecule has 1 aliphatic rings. The first-order chi connectivity index (χ1) is 19.5. The van der Waals surface area contributed by atoms with Crippen LogP contribution in [0.15, 0.2) is 71.6 Å². The van der Waals surface area contributed by atoms with E-state index in [1.807, 2.05) is 39.0 Å². The fourth-order valence-corrected chi connectivity index (χ4v) is 6.89. The van der Waals surface area contributed by atoms with Gasteiger partial charge in [0, 0.05) is 17.6 Å². The van der Waals surface area contributed by atoms with Gasteiger partial charge in [-0.15, -0.1) is 0 Å². The van der Waals surface area contributed by atoms with Crippen LogP contribution in [0.25, 0.3) is 0 Å². The summed E-state index contributed by atoms with van der Waals surface area (Å²) < 4.78 is 29.2. The maximum Gasteiger partial charge on any atom is 0.264 e. The highest BCUT2D eigenvalue weighted by atomic mass is 35.5. The molecule has 41 heavy (non-hydrogen) atoms. The van der Waals surface area contributed by atoms with Crippen molar-refractivity contribution in [2.24, 2.45) is 0 Å². The number of benzene rings is 3. The number of hydrogen-bond donors (Lipinski definition) is 1. The fraction of sp³-hybridized carbons (Fsp3) is 0.375. The molecule has 2 amide bonds. The molecule has 0 saturated heterocycles. The Bertz CT molecular complexity index is 1500. The van der Waals surface area contributed by atoms with Crippen LogP contribution >= 0.6 is 11.6 Å². The molecule has 9 heteroatoms. The first kappa shape index (κ1) is 30.6. The molecule has 0 spiro atoms. The first-order valence-electron chi connectivity index (χ1n) is 14.0. The highest BCUT2D eigenvalue weighted by Gasteiger charge is 2.34. The summed E-state index contributed by atoms with van der Waals surface area (Å²) in [5, 5.41) is 3.54. The predicted molar refractivity (Wildman–Crippen MR) is 163 cm³/mol. The molecule has 0 bridgehead atoms. The average molecular weight is 596 g/mol. The lowest BCUT2D eigenvalue weighted by atomic mass is 10.1. The van der Waals surface area contributed by atoms with E-state index in [9.17, 15) is 18.0 Å². The number of hydrogen-bond acceptors (Lipinski definition) is 4. The SMILES string of the molecule is Cc1ccc(S(=O)(=O)N(CC(=O)N(Cc2ccccc2Cl)[C@@H](C)C(=O)NC2CCCC2)c2ccc(C)cc2C)cc1. The van der Waals surface area contributed by atoms with Crippen molar-refractivity contribution >= 4 is 39.1 Å². The Morgan fingerprint density at radius 2 is 1.59 bits per heavy atom. The minimum absolute atomic E-state index is 0.0586. The topological polar surface area (TPSA) is 86.8 Å². The summed E-state index contributed by atoms with van der Waals surface area (Å²) in [5.74, 6) is -0.772. The van der Waals surface area contributed by atoms with E-state index >= 15 is 0 Å².